The van der Waals surface area contributed by atoms with E-state index in [1.165, 1.54) is 0 Å². The van der Waals surface area contributed by atoms with Crippen LogP contribution >= 0.6 is 21.6 Å². The van der Waals surface area contributed by atoms with Crippen molar-refractivity contribution in [3.63, 3.8) is 0 Å². The van der Waals surface area contributed by atoms with Gasteiger partial charge in [0.1, 0.15) is 0 Å². The van der Waals surface area contributed by atoms with Crippen LogP contribution < -0.4 is 0 Å². The summed E-state index contributed by atoms with van der Waals surface area (Å²) in [6.45, 7) is 0. The van der Waals surface area contributed by atoms with Crippen LogP contribution in [0.5, 0.6) is 0 Å². The summed E-state index contributed by atoms with van der Waals surface area (Å²) in [5.74, 6) is 0.764. The predicted molar refractivity (Wildman–Crippen MR) is 56.7 cm³/mol. The second-order valence-corrected chi connectivity index (χ2v) is 4.78. The van der Waals surface area contributed by atoms with Crippen LogP contribution in [0.15, 0.2) is 30.3 Å². The normalized spacial score (nSPS) is 9.75. The second-order valence-electron chi connectivity index (χ2n) is 2.22. The summed E-state index contributed by atoms with van der Waals surface area (Å²) in [5.41, 5.74) is 0.805. The third-order valence-corrected chi connectivity index (χ3v) is 3.08. The molecule has 0 aliphatic rings. The fourth-order valence-electron chi connectivity index (χ4n) is 0.820. The highest BCUT2D eigenvalue weighted by atomic mass is 33.1. The molecule has 1 aromatic carbocycles. The Morgan fingerprint density at radius 2 is 2.00 bits per heavy atom. The van der Waals surface area contributed by atoms with E-state index in [2.05, 4.69) is 0 Å². The molecule has 0 saturated heterocycles. The molecule has 0 saturated carbocycles. The van der Waals surface area contributed by atoms with E-state index in [1.807, 2.05) is 36.6 Å². The fourth-order valence-corrected chi connectivity index (χ4v) is 1.89. The van der Waals surface area contributed by atoms with Crippen molar-refractivity contribution in [2.24, 2.45) is 0 Å². The first-order valence-corrected chi connectivity index (χ1v) is 6.31. The number of hydrogen-bond donors (Lipinski definition) is 0. The monoisotopic (exact) mass is 198 g/mol. The van der Waals surface area contributed by atoms with E-state index in [9.17, 15) is 4.79 Å². The van der Waals surface area contributed by atoms with Crippen molar-refractivity contribution in [1.29, 1.82) is 0 Å². The average Bonchev–Trinajstić information content (AvgIpc) is 2.15. The highest BCUT2D eigenvalue weighted by Gasteiger charge is 2.03. The first-order valence-electron chi connectivity index (χ1n) is 3.58. The van der Waals surface area contributed by atoms with E-state index in [1.54, 1.807) is 21.6 Å². The first-order chi connectivity index (χ1) is 5.84. The van der Waals surface area contributed by atoms with E-state index >= 15 is 0 Å². The van der Waals surface area contributed by atoms with Crippen molar-refractivity contribution in [1.82, 2.24) is 0 Å². The molecular formula is C9H10OS2. The van der Waals surface area contributed by atoms with Crippen molar-refractivity contribution in [2.75, 3.05) is 12.0 Å². The minimum Gasteiger partial charge on any atom is -0.293 e. The lowest BCUT2D eigenvalue weighted by atomic mass is 10.2. The Morgan fingerprint density at radius 1 is 1.33 bits per heavy atom. The van der Waals surface area contributed by atoms with Crippen LogP contribution in [0.2, 0.25) is 0 Å². The Bertz CT molecular complexity index is 246. The topological polar surface area (TPSA) is 17.1 Å². The van der Waals surface area contributed by atoms with Crippen LogP contribution in [-0.4, -0.2) is 17.8 Å². The van der Waals surface area contributed by atoms with Crippen molar-refractivity contribution >= 4 is 27.4 Å². The van der Waals surface area contributed by atoms with Gasteiger partial charge in [0.25, 0.3) is 0 Å². The Kier molecular flexibility index (Phi) is 4.25. The standard InChI is InChI=1S/C9H10OS2/c1-11-12-7-9(10)8-5-3-2-4-6-8/h2-6H,7H2,1H3. The van der Waals surface area contributed by atoms with Gasteiger partial charge in [-0.3, -0.25) is 4.79 Å². The summed E-state index contributed by atoms with van der Waals surface area (Å²) < 4.78 is 0. The molecule has 3 heteroatoms. The van der Waals surface area contributed by atoms with Gasteiger partial charge in [-0.2, -0.15) is 0 Å². The largest absolute Gasteiger partial charge is 0.293 e. The Balaban J connectivity index is 2.54. The van der Waals surface area contributed by atoms with Crippen LogP contribution in [0.4, 0.5) is 0 Å². The summed E-state index contributed by atoms with van der Waals surface area (Å²) >= 11 is 0. The molecule has 0 atom stereocenters. The molecule has 0 aliphatic heterocycles. The molecule has 0 unspecified atom stereocenters. The molecule has 0 aromatic heterocycles. The van der Waals surface area contributed by atoms with Gasteiger partial charge in [0.05, 0.1) is 5.75 Å². The van der Waals surface area contributed by atoms with Gasteiger partial charge >= 0.3 is 0 Å². The number of carbonyl (C=O) groups is 1. The zero-order chi connectivity index (χ0) is 8.81. The van der Waals surface area contributed by atoms with E-state index in [0.717, 1.165) is 5.56 Å². The maximum Gasteiger partial charge on any atom is 0.173 e. The zero-order valence-electron chi connectivity index (χ0n) is 6.82. The quantitative estimate of drug-likeness (QED) is 0.547. The van der Waals surface area contributed by atoms with Crippen molar-refractivity contribution < 1.29 is 4.79 Å². The van der Waals surface area contributed by atoms with Crippen molar-refractivity contribution in [3.8, 4) is 0 Å². The van der Waals surface area contributed by atoms with E-state index in [-0.39, 0.29) is 5.78 Å². The maximum atomic E-state index is 11.4. The summed E-state index contributed by atoms with van der Waals surface area (Å²) in [4.78, 5) is 11.4. The number of ketones is 1. The molecular weight excluding hydrogens is 188 g/mol. The molecule has 0 fully saturated rings. The number of carbonyl (C=O) groups excluding carboxylic acids is 1. The average molecular weight is 198 g/mol. The number of Topliss-reactive ketones (excluding diaryl/α,β-unsaturated/α-hetero) is 1. The SMILES string of the molecule is CSSCC(=O)c1ccccc1. The van der Waals surface area contributed by atoms with Gasteiger partial charge in [-0.15, -0.1) is 0 Å². The fraction of sp³-hybridized carbons (Fsp3) is 0.222. The Labute approximate surface area is 80.3 Å². The van der Waals surface area contributed by atoms with Gasteiger partial charge in [-0.1, -0.05) is 51.9 Å². The molecule has 12 heavy (non-hydrogen) atoms. The summed E-state index contributed by atoms with van der Waals surface area (Å²) in [6.07, 6.45) is 1.98. The molecule has 1 nitrogen and oxygen atoms in total. The molecule has 1 aromatic rings. The minimum absolute atomic E-state index is 0.204. The molecule has 0 N–H and O–H groups in total. The molecule has 1 rings (SSSR count). The van der Waals surface area contributed by atoms with E-state index < -0.39 is 0 Å². The first kappa shape index (κ1) is 9.68. The van der Waals surface area contributed by atoms with E-state index in [4.69, 9.17) is 0 Å². The van der Waals surface area contributed by atoms with Gasteiger partial charge in [-0.05, 0) is 6.26 Å². The third kappa shape index (κ3) is 2.91. The lowest BCUT2D eigenvalue weighted by Crippen LogP contribution is -2.00. The van der Waals surface area contributed by atoms with E-state index in [0.29, 0.717) is 5.75 Å². The maximum absolute atomic E-state index is 11.4. The summed E-state index contributed by atoms with van der Waals surface area (Å²) in [7, 11) is 3.20. The van der Waals surface area contributed by atoms with Gasteiger partial charge in [0.15, 0.2) is 5.78 Å². The predicted octanol–water partition coefficient (Wildman–Crippen LogP) is 2.88. The van der Waals surface area contributed by atoms with Crippen LogP contribution in [0.1, 0.15) is 10.4 Å². The van der Waals surface area contributed by atoms with Gasteiger partial charge in [0, 0.05) is 5.56 Å². The highest BCUT2D eigenvalue weighted by molar-refractivity contribution is 8.76. The van der Waals surface area contributed by atoms with Crippen LogP contribution in [0.3, 0.4) is 0 Å². The van der Waals surface area contributed by atoms with Gasteiger partial charge < -0.3 is 0 Å². The molecule has 0 spiro atoms. The molecule has 0 heterocycles. The second kappa shape index (κ2) is 5.27. The van der Waals surface area contributed by atoms with Crippen LogP contribution in [0, 0.1) is 0 Å². The van der Waals surface area contributed by atoms with Crippen LogP contribution in [-0.2, 0) is 0 Å². The van der Waals surface area contributed by atoms with Gasteiger partial charge in [-0.25, -0.2) is 0 Å². The smallest absolute Gasteiger partial charge is 0.173 e. The summed E-state index contributed by atoms with van der Waals surface area (Å²) in [6, 6.07) is 9.39. The molecule has 0 amide bonds. The number of benzene rings is 1. The Morgan fingerprint density at radius 3 is 2.58 bits per heavy atom. The third-order valence-electron chi connectivity index (χ3n) is 1.40. The minimum atomic E-state index is 0.204. The molecule has 0 aliphatic carbocycles. The summed E-state index contributed by atoms with van der Waals surface area (Å²) in [5, 5.41) is 0. The molecule has 64 valence electrons. The lowest BCUT2D eigenvalue weighted by Gasteiger charge is -1.97. The van der Waals surface area contributed by atoms with Gasteiger partial charge in [0.2, 0.25) is 0 Å². The lowest BCUT2D eigenvalue weighted by molar-refractivity contribution is 0.102. The van der Waals surface area contributed by atoms with Crippen molar-refractivity contribution in [3.05, 3.63) is 35.9 Å². The van der Waals surface area contributed by atoms with Crippen LogP contribution in [0.25, 0.3) is 0 Å². The number of hydrogen-bond acceptors (Lipinski definition) is 3. The highest BCUT2D eigenvalue weighted by Crippen LogP contribution is 2.18. The number of rotatable bonds is 4. The van der Waals surface area contributed by atoms with Crippen molar-refractivity contribution in [2.45, 2.75) is 0 Å². The zero-order valence-corrected chi connectivity index (χ0v) is 8.45. The molecule has 0 radical (unpaired) electrons. The Hall–Kier alpha value is -0.410. The molecule has 0 bridgehead atoms.